The molecule has 0 bridgehead atoms. The van der Waals surface area contributed by atoms with Crippen LogP contribution < -0.4 is 5.32 Å². The van der Waals surface area contributed by atoms with E-state index in [-0.39, 0.29) is 41.5 Å². The number of esters is 1. The molecule has 0 spiro atoms. The highest BCUT2D eigenvalue weighted by Gasteiger charge is 2.64. The van der Waals surface area contributed by atoms with E-state index < -0.39 is 35.0 Å². The predicted molar refractivity (Wildman–Crippen MR) is 189 cm³/mol. The molecule has 7 rings (SSSR count). The number of pyridine rings is 1. The Morgan fingerprint density at radius 2 is 1.74 bits per heavy atom. The molecule has 2 saturated heterocycles. The van der Waals surface area contributed by atoms with E-state index in [1.54, 1.807) is 47.4 Å². The Kier molecular flexibility index (Phi) is 9.96. The molecule has 14 heteroatoms. The normalized spacial score (nSPS) is 20.7. The van der Waals surface area contributed by atoms with Gasteiger partial charge < -0.3 is 24.4 Å². The summed E-state index contributed by atoms with van der Waals surface area (Å²) in [5, 5.41) is 2.86. The first-order valence-electron chi connectivity index (χ1n) is 17.6. The van der Waals surface area contributed by atoms with Gasteiger partial charge in [-0.25, -0.2) is 14.2 Å². The lowest BCUT2D eigenvalue weighted by molar-refractivity contribution is -0.153. The molecule has 53 heavy (non-hydrogen) atoms. The van der Waals surface area contributed by atoms with Gasteiger partial charge in [-0.05, 0) is 79.1 Å². The number of alkyl halides is 3. The summed E-state index contributed by atoms with van der Waals surface area (Å²) in [7, 11) is 1.29. The average molecular weight is 752 g/mol. The van der Waals surface area contributed by atoms with Crippen LogP contribution in [0.3, 0.4) is 0 Å². The maximum Gasteiger partial charge on any atom is 0.417 e. The van der Waals surface area contributed by atoms with Crippen molar-refractivity contribution in [1.29, 1.82) is 0 Å². The highest BCUT2D eigenvalue weighted by Crippen LogP contribution is 2.55. The molecule has 3 atom stereocenters. The maximum atomic E-state index is 14.3. The zero-order valence-electron chi connectivity index (χ0n) is 29.0. The molecule has 0 saturated carbocycles. The summed E-state index contributed by atoms with van der Waals surface area (Å²) in [6, 6.07) is 17.3. The van der Waals surface area contributed by atoms with E-state index in [0.29, 0.717) is 55.8 Å². The number of amides is 2. The number of aromatic nitrogens is 2. The van der Waals surface area contributed by atoms with Crippen LogP contribution in [0.4, 0.5) is 23.4 Å². The van der Waals surface area contributed by atoms with Crippen molar-refractivity contribution in [1.82, 2.24) is 19.4 Å². The summed E-state index contributed by atoms with van der Waals surface area (Å²) < 4.78 is 61.0. The molecule has 1 aliphatic carbocycles. The first-order valence-corrected chi connectivity index (χ1v) is 18.0. The van der Waals surface area contributed by atoms with E-state index in [1.165, 1.54) is 19.2 Å². The molecule has 2 aromatic heterocycles. The maximum absolute atomic E-state index is 14.3. The van der Waals surface area contributed by atoms with Crippen LogP contribution in [0, 0.1) is 11.7 Å². The molecule has 2 aromatic carbocycles. The molecular formula is C39H38ClF4N5O4. The lowest BCUT2D eigenvalue weighted by Gasteiger charge is -2.40. The largest absolute Gasteiger partial charge is 0.467 e. The van der Waals surface area contributed by atoms with Crippen molar-refractivity contribution >= 4 is 35.2 Å². The second-order valence-electron chi connectivity index (χ2n) is 13.9. The number of ether oxygens (including phenoxy) is 1. The fraction of sp³-hybridized carbons (Fsp3) is 0.385. The highest BCUT2D eigenvalue weighted by atomic mass is 35.5. The number of carbonyl (C=O) groups excluding carboxylic acids is 3. The van der Waals surface area contributed by atoms with E-state index in [2.05, 4.69) is 10.3 Å². The zero-order valence-corrected chi connectivity index (χ0v) is 29.7. The average Bonchev–Trinajstić information content (AvgIpc) is 3.94. The molecule has 4 heterocycles. The number of nitrogens with one attached hydrogen (secondary N) is 1. The molecule has 3 aliphatic rings. The SMILES string of the molecule is COC(=O)[C@@]1(Cc2ccc(F)cc2)C2c3cc(C(=O)N4CCCC4)n(CCCNc4ncc(C(F)(F)F)cc4Cl)c3CC2CN1C(=O)c1ccccc1. The van der Waals surface area contributed by atoms with Crippen LogP contribution in [0.25, 0.3) is 0 Å². The van der Waals surface area contributed by atoms with Crippen molar-refractivity contribution in [2.75, 3.05) is 38.6 Å². The Labute approximate surface area is 308 Å². The Morgan fingerprint density at radius 1 is 1.02 bits per heavy atom. The summed E-state index contributed by atoms with van der Waals surface area (Å²) in [6.45, 7) is 2.17. The van der Waals surface area contributed by atoms with Crippen LogP contribution in [0.15, 0.2) is 72.9 Å². The van der Waals surface area contributed by atoms with Gasteiger partial charge in [-0.2, -0.15) is 13.2 Å². The van der Waals surface area contributed by atoms with Crippen LogP contribution >= 0.6 is 11.6 Å². The summed E-state index contributed by atoms with van der Waals surface area (Å²) in [4.78, 5) is 50.0. The first kappa shape index (κ1) is 36.4. The summed E-state index contributed by atoms with van der Waals surface area (Å²) in [5.74, 6) is -2.11. The van der Waals surface area contributed by atoms with Crippen LogP contribution in [-0.4, -0.2) is 76.0 Å². The van der Waals surface area contributed by atoms with Gasteiger partial charge in [0.15, 0.2) is 5.54 Å². The zero-order chi connectivity index (χ0) is 37.5. The van der Waals surface area contributed by atoms with Crippen molar-refractivity contribution in [2.24, 2.45) is 5.92 Å². The van der Waals surface area contributed by atoms with E-state index in [9.17, 15) is 31.9 Å². The number of carbonyl (C=O) groups is 3. The number of anilines is 1. The Morgan fingerprint density at radius 3 is 2.40 bits per heavy atom. The minimum absolute atomic E-state index is 0.0600. The Bertz CT molecular complexity index is 2020. The minimum Gasteiger partial charge on any atom is -0.467 e. The summed E-state index contributed by atoms with van der Waals surface area (Å²) >= 11 is 6.12. The quantitative estimate of drug-likeness (QED) is 0.107. The third-order valence-corrected chi connectivity index (χ3v) is 11.0. The topological polar surface area (TPSA) is 96.8 Å². The van der Waals surface area contributed by atoms with Gasteiger partial charge >= 0.3 is 12.1 Å². The molecule has 278 valence electrons. The molecule has 1 N–H and O–H groups in total. The molecule has 2 aliphatic heterocycles. The van der Waals surface area contributed by atoms with Gasteiger partial charge in [0.2, 0.25) is 0 Å². The predicted octanol–water partition coefficient (Wildman–Crippen LogP) is 7.00. The van der Waals surface area contributed by atoms with E-state index >= 15 is 0 Å². The van der Waals surface area contributed by atoms with Gasteiger partial charge in [0, 0.05) is 62.5 Å². The number of hydrogen-bond acceptors (Lipinski definition) is 6. The molecule has 2 unspecified atom stereocenters. The molecule has 4 aromatic rings. The Hall–Kier alpha value is -4.91. The molecule has 0 radical (unpaired) electrons. The fourth-order valence-electron chi connectivity index (χ4n) is 8.40. The smallest absolute Gasteiger partial charge is 0.417 e. The number of methoxy groups -OCH3 is 1. The van der Waals surface area contributed by atoms with Gasteiger partial charge in [-0.15, -0.1) is 0 Å². The fourth-order valence-corrected chi connectivity index (χ4v) is 8.63. The number of likely N-dealkylation sites (tertiary alicyclic amines) is 2. The van der Waals surface area contributed by atoms with Crippen LogP contribution in [-0.2, 0) is 35.1 Å². The van der Waals surface area contributed by atoms with Crippen LogP contribution in [0.1, 0.15) is 68.4 Å². The van der Waals surface area contributed by atoms with E-state index in [1.807, 2.05) is 15.5 Å². The summed E-state index contributed by atoms with van der Waals surface area (Å²) in [6.07, 6.45) is -1.06. The van der Waals surface area contributed by atoms with Crippen molar-refractivity contribution in [3.63, 3.8) is 0 Å². The van der Waals surface area contributed by atoms with Gasteiger partial charge in [0.05, 0.1) is 17.7 Å². The van der Waals surface area contributed by atoms with Crippen LogP contribution in [0.2, 0.25) is 5.02 Å². The lowest BCUT2D eigenvalue weighted by atomic mass is 9.75. The van der Waals surface area contributed by atoms with E-state index in [0.717, 1.165) is 36.4 Å². The number of benzene rings is 2. The molecule has 2 amide bonds. The van der Waals surface area contributed by atoms with Crippen molar-refractivity contribution < 1.29 is 36.7 Å². The number of nitrogens with zero attached hydrogens (tertiary/aromatic N) is 4. The Balaban J connectivity index is 1.26. The number of fused-ring (bicyclic) bond motifs is 3. The minimum atomic E-state index is -4.57. The molecule has 9 nitrogen and oxygen atoms in total. The van der Waals surface area contributed by atoms with Gasteiger partial charge in [0.25, 0.3) is 11.8 Å². The van der Waals surface area contributed by atoms with Gasteiger partial charge in [-0.3, -0.25) is 9.59 Å². The van der Waals surface area contributed by atoms with Crippen molar-refractivity contribution in [3.05, 3.63) is 117 Å². The van der Waals surface area contributed by atoms with Crippen molar-refractivity contribution in [2.45, 2.75) is 56.3 Å². The van der Waals surface area contributed by atoms with E-state index in [4.69, 9.17) is 16.3 Å². The number of hydrogen-bond donors (Lipinski definition) is 1. The van der Waals surface area contributed by atoms with Crippen molar-refractivity contribution in [3.8, 4) is 0 Å². The number of halogens is 5. The monoisotopic (exact) mass is 751 g/mol. The number of rotatable bonds is 10. The molecular weight excluding hydrogens is 714 g/mol. The van der Waals surface area contributed by atoms with Gasteiger partial charge in [0.1, 0.15) is 17.3 Å². The second kappa shape index (κ2) is 14.5. The first-order chi connectivity index (χ1) is 25.4. The highest BCUT2D eigenvalue weighted by molar-refractivity contribution is 6.33. The van der Waals surface area contributed by atoms with Crippen LogP contribution in [0.5, 0.6) is 0 Å². The standard InChI is InChI=1S/C39H38ClF4N5O4/c1-53-37(52)38(21-24-10-12-28(41)13-11-24)33-26(23-49(38)35(50)25-8-3-2-4-9-25)18-31-29(33)20-32(36(51)47-15-5-6-16-47)48(31)17-7-14-45-34-30(40)19-27(22-46-34)39(42,43)44/h2-4,8-13,19-20,22,26,33H,5-7,14-18,21,23H2,1H3,(H,45,46)/t26?,33?,38-/m1/s1. The van der Waals surface area contributed by atoms with Gasteiger partial charge in [-0.1, -0.05) is 41.9 Å². The third kappa shape index (κ3) is 6.75. The third-order valence-electron chi connectivity index (χ3n) is 10.7. The lowest BCUT2D eigenvalue weighted by Crippen LogP contribution is -2.58. The second-order valence-corrected chi connectivity index (χ2v) is 14.3. The summed E-state index contributed by atoms with van der Waals surface area (Å²) in [5.41, 5.74) is 0.736. The molecule has 2 fully saturated rings.